The zero-order valence-electron chi connectivity index (χ0n) is 18.8. The summed E-state index contributed by atoms with van der Waals surface area (Å²) < 4.78 is 39.0. The summed E-state index contributed by atoms with van der Waals surface area (Å²) in [6, 6.07) is 10.5. The highest BCUT2D eigenvalue weighted by atomic mass is 32.2. The summed E-state index contributed by atoms with van der Waals surface area (Å²) in [6.45, 7) is 2.16. The maximum Gasteiger partial charge on any atom is 0.261 e. The highest BCUT2D eigenvalue weighted by Gasteiger charge is 2.26. The Kier molecular flexibility index (Phi) is 8.29. The molecule has 1 heterocycles. The second-order valence-corrected chi connectivity index (χ2v) is 9.30. The minimum absolute atomic E-state index is 0.0962. The molecule has 1 fully saturated rings. The summed E-state index contributed by atoms with van der Waals surface area (Å²) in [6.07, 6.45) is 2.46. The normalized spacial score (nSPS) is 13.6. The van der Waals surface area contributed by atoms with Crippen LogP contribution in [0.3, 0.4) is 0 Å². The Morgan fingerprint density at radius 2 is 1.76 bits per heavy atom. The van der Waals surface area contributed by atoms with Crippen LogP contribution in [0.5, 0.6) is 5.75 Å². The fourth-order valence-electron chi connectivity index (χ4n) is 3.60. The molecule has 1 aliphatic rings. The Balaban J connectivity index is 1.84. The van der Waals surface area contributed by atoms with Crippen molar-refractivity contribution in [1.29, 1.82) is 0 Å². The van der Waals surface area contributed by atoms with Gasteiger partial charge >= 0.3 is 0 Å². The third-order valence-electron chi connectivity index (χ3n) is 5.33. The molecule has 1 aliphatic heterocycles. The highest BCUT2D eigenvalue weighted by molar-refractivity contribution is 7.92. The Hall–Kier alpha value is -3.11. The van der Waals surface area contributed by atoms with E-state index in [2.05, 4.69) is 10.0 Å². The Bertz CT molecular complexity index is 1100. The van der Waals surface area contributed by atoms with E-state index >= 15 is 0 Å². The molecule has 2 aromatic rings. The van der Waals surface area contributed by atoms with E-state index in [1.807, 2.05) is 0 Å². The van der Waals surface area contributed by atoms with E-state index in [9.17, 15) is 18.0 Å². The second kappa shape index (κ2) is 11.2. The van der Waals surface area contributed by atoms with Crippen LogP contribution in [0.15, 0.2) is 47.4 Å². The number of benzene rings is 2. The topological polar surface area (TPSA) is 114 Å². The number of nitrogens with one attached hydrogen (secondary N) is 2. The average Bonchev–Trinajstić information content (AvgIpc) is 3.36. The number of para-hydroxylation sites is 1. The Morgan fingerprint density at radius 3 is 2.45 bits per heavy atom. The van der Waals surface area contributed by atoms with Crippen molar-refractivity contribution in [3.63, 3.8) is 0 Å². The first-order chi connectivity index (χ1) is 15.9. The fourth-order valence-corrected chi connectivity index (χ4v) is 4.70. The van der Waals surface area contributed by atoms with Gasteiger partial charge in [-0.05, 0) is 49.6 Å². The lowest BCUT2D eigenvalue weighted by molar-refractivity contribution is 0.0788. The number of ether oxygens (including phenoxy) is 2. The summed E-state index contributed by atoms with van der Waals surface area (Å²) in [5.74, 6) is -0.358. The summed E-state index contributed by atoms with van der Waals surface area (Å²) in [5.41, 5.74) is 0.525. The molecular formula is C23H29N3O6S. The number of hydrogen-bond donors (Lipinski definition) is 2. The van der Waals surface area contributed by atoms with Crippen molar-refractivity contribution in [2.75, 3.05) is 45.2 Å². The molecule has 3 rings (SSSR count). The van der Waals surface area contributed by atoms with Crippen molar-refractivity contribution in [1.82, 2.24) is 10.2 Å². The summed E-state index contributed by atoms with van der Waals surface area (Å²) >= 11 is 0. The first-order valence-electron chi connectivity index (χ1n) is 10.7. The lowest BCUT2D eigenvalue weighted by atomic mass is 10.1. The third-order valence-corrected chi connectivity index (χ3v) is 6.69. The number of rotatable bonds is 10. The number of hydrogen-bond acceptors (Lipinski definition) is 6. The molecule has 1 saturated heterocycles. The van der Waals surface area contributed by atoms with Crippen LogP contribution in [0.2, 0.25) is 0 Å². The van der Waals surface area contributed by atoms with E-state index in [0.717, 1.165) is 12.8 Å². The van der Waals surface area contributed by atoms with E-state index < -0.39 is 15.9 Å². The van der Waals surface area contributed by atoms with Crippen molar-refractivity contribution in [3.05, 3.63) is 53.6 Å². The van der Waals surface area contributed by atoms with Gasteiger partial charge in [-0.2, -0.15) is 0 Å². The van der Waals surface area contributed by atoms with Gasteiger partial charge in [0.1, 0.15) is 5.75 Å². The fraction of sp³-hybridized carbons (Fsp3) is 0.391. The zero-order valence-corrected chi connectivity index (χ0v) is 19.6. The Morgan fingerprint density at radius 1 is 1.03 bits per heavy atom. The first kappa shape index (κ1) is 24.5. The molecule has 0 atom stereocenters. The maximum absolute atomic E-state index is 13.1. The van der Waals surface area contributed by atoms with Gasteiger partial charge < -0.3 is 19.7 Å². The summed E-state index contributed by atoms with van der Waals surface area (Å²) in [7, 11) is -1.07. The van der Waals surface area contributed by atoms with Crippen molar-refractivity contribution >= 4 is 27.5 Å². The first-order valence-corrected chi connectivity index (χ1v) is 12.2. The predicted octanol–water partition coefficient (Wildman–Crippen LogP) is 2.50. The molecule has 0 aromatic heterocycles. The predicted molar refractivity (Wildman–Crippen MR) is 124 cm³/mol. The van der Waals surface area contributed by atoms with Crippen molar-refractivity contribution in [2.24, 2.45) is 0 Å². The van der Waals surface area contributed by atoms with Crippen LogP contribution < -0.4 is 14.8 Å². The standard InChI is InChI=1S/C23H29N3O6S/c1-31-15-7-12-24-22(27)18-8-3-4-9-20(18)25-33(29,30)17-10-11-21(32-2)19(16-17)23(28)26-13-5-6-14-26/h3-4,8-11,16,25H,5-7,12-15H2,1-2H3,(H,24,27). The van der Waals surface area contributed by atoms with Crippen molar-refractivity contribution < 1.29 is 27.5 Å². The number of anilines is 1. The highest BCUT2D eigenvalue weighted by Crippen LogP contribution is 2.27. The number of methoxy groups -OCH3 is 2. The molecule has 0 saturated carbocycles. The van der Waals surface area contributed by atoms with E-state index in [-0.39, 0.29) is 27.6 Å². The maximum atomic E-state index is 13.1. The molecular weight excluding hydrogens is 446 g/mol. The van der Waals surface area contributed by atoms with Crippen LogP contribution in [0.4, 0.5) is 5.69 Å². The van der Waals surface area contributed by atoms with Gasteiger partial charge in [-0.25, -0.2) is 8.42 Å². The molecule has 2 amide bonds. The smallest absolute Gasteiger partial charge is 0.261 e. The minimum atomic E-state index is -4.08. The van der Waals surface area contributed by atoms with E-state index in [1.54, 1.807) is 30.2 Å². The zero-order chi connectivity index (χ0) is 23.8. The average molecular weight is 476 g/mol. The second-order valence-electron chi connectivity index (χ2n) is 7.61. The van der Waals surface area contributed by atoms with Crippen LogP contribution in [-0.2, 0) is 14.8 Å². The molecule has 33 heavy (non-hydrogen) atoms. The number of carbonyl (C=O) groups excluding carboxylic acids is 2. The number of carbonyl (C=O) groups is 2. The van der Waals surface area contributed by atoms with Gasteiger partial charge in [-0.1, -0.05) is 12.1 Å². The van der Waals surface area contributed by atoms with E-state index in [0.29, 0.717) is 38.4 Å². The molecule has 178 valence electrons. The van der Waals surface area contributed by atoms with Gasteiger partial charge in [0.05, 0.1) is 28.8 Å². The van der Waals surface area contributed by atoms with Crippen molar-refractivity contribution in [2.45, 2.75) is 24.2 Å². The minimum Gasteiger partial charge on any atom is -0.496 e. The molecule has 2 aromatic carbocycles. The molecule has 2 N–H and O–H groups in total. The van der Waals surface area contributed by atoms with Gasteiger partial charge in [-0.3, -0.25) is 14.3 Å². The molecule has 10 heteroatoms. The SMILES string of the molecule is COCCCNC(=O)c1ccccc1NS(=O)(=O)c1ccc(OC)c(C(=O)N2CCCC2)c1. The van der Waals surface area contributed by atoms with Gasteiger partial charge in [0.25, 0.3) is 21.8 Å². The Labute approximate surface area is 194 Å². The number of nitrogens with zero attached hydrogens (tertiary/aromatic N) is 1. The van der Waals surface area contributed by atoms with E-state index in [4.69, 9.17) is 9.47 Å². The number of amides is 2. The van der Waals surface area contributed by atoms with Crippen LogP contribution >= 0.6 is 0 Å². The quantitative estimate of drug-likeness (QED) is 0.511. The lowest BCUT2D eigenvalue weighted by Gasteiger charge is -2.18. The largest absolute Gasteiger partial charge is 0.496 e. The number of sulfonamides is 1. The number of likely N-dealkylation sites (tertiary alicyclic amines) is 1. The van der Waals surface area contributed by atoms with Crippen molar-refractivity contribution in [3.8, 4) is 5.75 Å². The summed E-state index contributed by atoms with van der Waals surface area (Å²) in [5, 5.41) is 2.75. The molecule has 0 radical (unpaired) electrons. The third kappa shape index (κ3) is 6.02. The molecule has 0 bridgehead atoms. The van der Waals surface area contributed by atoms with Gasteiger partial charge in [-0.15, -0.1) is 0 Å². The molecule has 0 unspecified atom stereocenters. The van der Waals surface area contributed by atoms with Gasteiger partial charge in [0, 0.05) is 33.4 Å². The molecule has 0 aliphatic carbocycles. The molecule has 9 nitrogen and oxygen atoms in total. The monoisotopic (exact) mass is 475 g/mol. The van der Waals surface area contributed by atoms with Crippen LogP contribution in [0.1, 0.15) is 40.0 Å². The van der Waals surface area contributed by atoms with Gasteiger partial charge in [0.15, 0.2) is 0 Å². The lowest BCUT2D eigenvalue weighted by Crippen LogP contribution is -2.28. The van der Waals surface area contributed by atoms with Crippen LogP contribution in [-0.4, -0.2) is 65.6 Å². The summed E-state index contributed by atoms with van der Waals surface area (Å²) in [4.78, 5) is 27.1. The van der Waals surface area contributed by atoms with Crippen LogP contribution in [0.25, 0.3) is 0 Å². The molecule has 0 spiro atoms. The van der Waals surface area contributed by atoms with Crippen LogP contribution in [0, 0.1) is 0 Å². The van der Waals surface area contributed by atoms with Gasteiger partial charge in [0.2, 0.25) is 0 Å². The van der Waals surface area contributed by atoms with E-state index in [1.165, 1.54) is 31.4 Å².